The van der Waals surface area contributed by atoms with E-state index in [0.717, 1.165) is 31.2 Å². The van der Waals surface area contributed by atoms with E-state index in [9.17, 15) is 0 Å². The number of hydrogen-bond acceptors (Lipinski definition) is 3. The van der Waals surface area contributed by atoms with E-state index < -0.39 is 0 Å². The summed E-state index contributed by atoms with van der Waals surface area (Å²) in [6.07, 6.45) is 6.41. The molecule has 0 radical (unpaired) electrons. The summed E-state index contributed by atoms with van der Waals surface area (Å²) in [7, 11) is 0. The number of nitrogens with zero attached hydrogens (tertiary/aromatic N) is 2. The quantitative estimate of drug-likeness (QED) is 0.331. The van der Waals surface area contributed by atoms with Crippen LogP contribution in [0.4, 0.5) is 0 Å². The molecule has 3 N–H and O–H groups in total. The molecule has 26 heavy (non-hydrogen) atoms. The predicted octanol–water partition coefficient (Wildman–Crippen LogP) is 2.74. The second-order valence-corrected chi connectivity index (χ2v) is 5.83. The van der Waals surface area contributed by atoms with Gasteiger partial charge in [-0.25, -0.2) is 0 Å². The number of para-hydroxylation sites is 1. The molecular weight excluding hydrogens is 326 g/mol. The third kappa shape index (κ3) is 4.99. The molecule has 1 aromatic carbocycles. The number of aromatic amines is 1. The summed E-state index contributed by atoms with van der Waals surface area (Å²) < 4.78 is 5.63. The highest BCUT2D eigenvalue weighted by molar-refractivity contribution is 5.83. The Morgan fingerprint density at radius 3 is 2.96 bits per heavy atom. The molecule has 0 fully saturated rings. The number of pyridine rings is 1. The van der Waals surface area contributed by atoms with E-state index in [1.165, 1.54) is 16.5 Å². The highest BCUT2D eigenvalue weighted by atomic mass is 16.5. The third-order valence-corrected chi connectivity index (χ3v) is 3.97. The molecule has 0 aliphatic carbocycles. The molecule has 0 saturated heterocycles. The Morgan fingerprint density at radius 1 is 1.19 bits per heavy atom. The van der Waals surface area contributed by atoms with Crippen LogP contribution in [0.2, 0.25) is 0 Å². The number of aliphatic imine (C=N–C) groups is 1. The maximum Gasteiger partial charge on any atom is 0.191 e. The van der Waals surface area contributed by atoms with E-state index in [4.69, 9.17) is 4.74 Å². The summed E-state index contributed by atoms with van der Waals surface area (Å²) in [6, 6.07) is 12.1. The first-order valence-corrected chi connectivity index (χ1v) is 8.97. The minimum atomic E-state index is 0.554. The van der Waals surface area contributed by atoms with Gasteiger partial charge in [-0.2, -0.15) is 0 Å². The number of benzene rings is 1. The number of fused-ring (bicyclic) bond motifs is 1. The Morgan fingerprint density at radius 2 is 2.12 bits per heavy atom. The molecule has 2 heterocycles. The molecule has 0 spiro atoms. The normalized spacial score (nSPS) is 11.5. The maximum atomic E-state index is 5.63. The van der Waals surface area contributed by atoms with Crippen molar-refractivity contribution in [1.82, 2.24) is 20.6 Å². The lowest BCUT2D eigenvalue weighted by Gasteiger charge is -2.12. The Labute approximate surface area is 153 Å². The second kappa shape index (κ2) is 9.46. The third-order valence-electron chi connectivity index (χ3n) is 3.97. The summed E-state index contributed by atoms with van der Waals surface area (Å²) in [4.78, 5) is 12.0. The van der Waals surface area contributed by atoms with Crippen LogP contribution in [0, 0.1) is 0 Å². The van der Waals surface area contributed by atoms with Crippen LogP contribution in [0.1, 0.15) is 12.5 Å². The van der Waals surface area contributed by atoms with Crippen molar-refractivity contribution in [2.45, 2.75) is 13.3 Å². The molecule has 0 atom stereocenters. The maximum absolute atomic E-state index is 5.63. The lowest BCUT2D eigenvalue weighted by atomic mass is 10.1. The first kappa shape index (κ1) is 17.8. The Balaban J connectivity index is 1.47. The van der Waals surface area contributed by atoms with Crippen molar-refractivity contribution < 1.29 is 4.74 Å². The highest BCUT2D eigenvalue weighted by Gasteiger charge is 2.03. The zero-order chi connectivity index (χ0) is 18.0. The van der Waals surface area contributed by atoms with Gasteiger partial charge < -0.3 is 20.4 Å². The van der Waals surface area contributed by atoms with Crippen molar-refractivity contribution in [2.75, 3.05) is 26.2 Å². The van der Waals surface area contributed by atoms with Gasteiger partial charge in [0.05, 0.1) is 12.7 Å². The zero-order valence-electron chi connectivity index (χ0n) is 15.0. The molecule has 136 valence electrons. The molecule has 0 amide bonds. The molecule has 6 nitrogen and oxygen atoms in total. The monoisotopic (exact) mass is 351 g/mol. The van der Waals surface area contributed by atoms with Gasteiger partial charge in [0.25, 0.3) is 0 Å². The van der Waals surface area contributed by atoms with E-state index in [0.29, 0.717) is 13.2 Å². The highest BCUT2D eigenvalue weighted by Crippen LogP contribution is 2.17. The Hall–Kier alpha value is -3.02. The van der Waals surface area contributed by atoms with E-state index in [-0.39, 0.29) is 0 Å². The number of H-pyrrole nitrogens is 1. The van der Waals surface area contributed by atoms with Gasteiger partial charge in [-0.3, -0.25) is 9.98 Å². The van der Waals surface area contributed by atoms with E-state index in [2.05, 4.69) is 56.9 Å². The van der Waals surface area contributed by atoms with E-state index in [1.807, 2.05) is 18.2 Å². The van der Waals surface area contributed by atoms with Crippen molar-refractivity contribution in [2.24, 2.45) is 4.99 Å². The fourth-order valence-electron chi connectivity index (χ4n) is 2.74. The molecule has 6 heteroatoms. The molecule has 0 bridgehead atoms. The van der Waals surface area contributed by atoms with Crippen LogP contribution in [0.5, 0.6) is 5.75 Å². The molecule has 3 aromatic rings. The van der Waals surface area contributed by atoms with Crippen LogP contribution in [0.25, 0.3) is 10.9 Å². The van der Waals surface area contributed by atoms with Gasteiger partial charge in [-0.15, -0.1) is 0 Å². The lowest BCUT2D eigenvalue weighted by molar-refractivity contribution is 0.320. The minimum Gasteiger partial charge on any atom is -0.490 e. The molecule has 0 unspecified atom stereocenters. The fourth-order valence-corrected chi connectivity index (χ4v) is 2.74. The van der Waals surface area contributed by atoms with Crippen molar-refractivity contribution >= 4 is 16.9 Å². The van der Waals surface area contributed by atoms with Crippen LogP contribution in [-0.4, -0.2) is 42.2 Å². The van der Waals surface area contributed by atoms with Gasteiger partial charge in [0.1, 0.15) is 12.4 Å². The average Bonchev–Trinajstić information content (AvgIpc) is 3.09. The smallest absolute Gasteiger partial charge is 0.191 e. The summed E-state index contributed by atoms with van der Waals surface area (Å²) >= 11 is 0. The number of aromatic nitrogens is 2. The van der Waals surface area contributed by atoms with Crippen molar-refractivity contribution in [1.29, 1.82) is 0 Å². The largest absolute Gasteiger partial charge is 0.490 e. The van der Waals surface area contributed by atoms with Gasteiger partial charge in [0, 0.05) is 36.4 Å². The van der Waals surface area contributed by atoms with Crippen LogP contribution in [0.3, 0.4) is 0 Å². The van der Waals surface area contributed by atoms with Gasteiger partial charge in [-0.05, 0) is 37.1 Å². The molecule has 0 saturated carbocycles. The predicted molar refractivity (Wildman–Crippen MR) is 106 cm³/mol. The fraction of sp³-hybridized carbons (Fsp3) is 0.300. The summed E-state index contributed by atoms with van der Waals surface area (Å²) in [5.74, 6) is 1.58. The van der Waals surface area contributed by atoms with E-state index >= 15 is 0 Å². The number of guanidine groups is 1. The number of nitrogens with one attached hydrogen (secondary N) is 3. The van der Waals surface area contributed by atoms with Crippen LogP contribution < -0.4 is 15.4 Å². The van der Waals surface area contributed by atoms with Gasteiger partial charge >= 0.3 is 0 Å². The minimum absolute atomic E-state index is 0.554. The molecular formula is C20H25N5O. The van der Waals surface area contributed by atoms with Crippen molar-refractivity contribution in [3.63, 3.8) is 0 Å². The second-order valence-electron chi connectivity index (χ2n) is 5.83. The van der Waals surface area contributed by atoms with Crippen LogP contribution in [0.15, 0.2) is 60.0 Å². The number of hydrogen-bond donors (Lipinski definition) is 3. The Bertz CT molecular complexity index is 828. The summed E-state index contributed by atoms with van der Waals surface area (Å²) in [6.45, 7) is 4.83. The Kier molecular flexibility index (Phi) is 6.47. The summed E-state index contributed by atoms with van der Waals surface area (Å²) in [5, 5.41) is 7.82. The number of ether oxygens (including phenoxy) is 1. The molecule has 0 aliphatic heterocycles. The van der Waals surface area contributed by atoms with E-state index in [1.54, 1.807) is 12.4 Å². The average molecular weight is 351 g/mol. The van der Waals surface area contributed by atoms with Gasteiger partial charge in [-0.1, -0.05) is 18.2 Å². The SMILES string of the molecule is CCNC(=NCCc1c[nH]c2ccccc12)NCCOc1cccnc1. The van der Waals surface area contributed by atoms with Crippen molar-refractivity contribution in [3.8, 4) is 5.75 Å². The molecule has 0 aliphatic rings. The van der Waals surface area contributed by atoms with Crippen LogP contribution >= 0.6 is 0 Å². The molecule has 2 aromatic heterocycles. The van der Waals surface area contributed by atoms with Crippen LogP contribution in [-0.2, 0) is 6.42 Å². The number of rotatable bonds is 8. The van der Waals surface area contributed by atoms with Gasteiger partial charge in [0.2, 0.25) is 0 Å². The topological polar surface area (TPSA) is 74.3 Å². The molecule has 3 rings (SSSR count). The standard InChI is InChI=1S/C20H25N5O/c1-2-22-20(24-12-13-26-17-6-5-10-21-15-17)23-11-9-16-14-25-19-8-4-3-7-18(16)19/h3-8,10,14-15,25H,2,9,11-13H2,1H3,(H2,22,23,24). The van der Waals surface area contributed by atoms with Gasteiger partial charge in [0.15, 0.2) is 5.96 Å². The first-order chi connectivity index (χ1) is 12.9. The first-order valence-electron chi connectivity index (χ1n) is 8.97. The van der Waals surface area contributed by atoms with Crippen molar-refractivity contribution in [3.05, 3.63) is 60.6 Å². The zero-order valence-corrected chi connectivity index (χ0v) is 15.0. The lowest BCUT2D eigenvalue weighted by Crippen LogP contribution is -2.39. The summed E-state index contributed by atoms with van der Waals surface area (Å²) in [5.41, 5.74) is 2.46.